The van der Waals surface area contributed by atoms with Crippen LogP contribution < -0.4 is 9.80 Å². The fourth-order valence-corrected chi connectivity index (χ4v) is 4.82. The van der Waals surface area contributed by atoms with Gasteiger partial charge in [-0.3, -0.25) is 4.90 Å². The molecular formula is C23H29Cl2N3. The van der Waals surface area contributed by atoms with Crippen LogP contribution >= 0.6 is 23.2 Å². The molecule has 2 aromatic carbocycles. The lowest BCUT2D eigenvalue weighted by atomic mass is 10.1. The molecule has 150 valence electrons. The Hall–Kier alpha value is -1.42. The van der Waals surface area contributed by atoms with Crippen molar-refractivity contribution in [2.24, 2.45) is 0 Å². The highest BCUT2D eigenvalue weighted by molar-refractivity contribution is 6.43. The van der Waals surface area contributed by atoms with E-state index in [2.05, 4.69) is 45.0 Å². The number of halogens is 2. The van der Waals surface area contributed by atoms with E-state index in [-0.39, 0.29) is 0 Å². The van der Waals surface area contributed by atoms with E-state index in [0.29, 0.717) is 10.0 Å². The van der Waals surface area contributed by atoms with Gasteiger partial charge in [-0.2, -0.15) is 0 Å². The maximum absolute atomic E-state index is 6.38. The second-order valence-corrected chi connectivity index (χ2v) is 8.61. The zero-order valence-corrected chi connectivity index (χ0v) is 17.9. The number of unbranched alkanes of at least 4 members (excludes halogenated alkanes) is 2. The number of nitrogens with zero attached hydrogens (tertiary/aromatic N) is 3. The Morgan fingerprint density at radius 2 is 1.46 bits per heavy atom. The molecule has 2 aliphatic heterocycles. The molecule has 0 N–H and O–H groups in total. The molecular weight excluding hydrogens is 389 g/mol. The largest absolute Gasteiger partial charge is 0.371 e. The average Bonchev–Trinajstić information content (AvgIpc) is 3.14. The van der Waals surface area contributed by atoms with Gasteiger partial charge in [0.15, 0.2) is 0 Å². The van der Waals surface area contributed by atoms with Crippen LogP contribution in [0, 0.1) is 0 Å². The van der Waals surface area contributed by atoms with Crippen LogP contribution in [-0.2, 0) is 6.42 Å². The van der Waals surface area contributed by atoms with Crippen molar-refractivity contribution in [3.8, 4) is 0 Å². The summed E-state index contributed by atoms with van der Waals surface area (Å²) < 4.78 is 0. The molecule has 5 heteroatoms. The van der Waals surface area contributed by atoms with E-state index in [0.717, 1.165) is 31.9 Å². The monoisotopic (exact) mass is 417 g/mol. The molecule has 3 nitrogen and oxygen atoms in total. The summed E-state index contributed by atoms with van der Waals surface area (Å²) >= 11 is 12.5. The van der Waals surface area contributed by atoms with E-state index >= 15 is 0 Å². The molecule has 0 bridgehead atoms. The number of hydrogen-bond donors (Lipinski definition) is 0. The summed E-state index contributed by atoms with van der Waals surface area (Å²) in [7, 11) is 0. The first-order valence-electron chi connectivity index (χ1n) is 10.5. The van der Waals surface area contributed by atoms with Crippen LogP contribution in [0.25, 0.3) is 0 Å². The van der Waals surface area contributed by atoms with Gasteiger partial charge in [-0.25, -0.2) is 0 Å². The van der Waals surface area contributed by atoms with Gasteiger partial charge in [-0.1, -0.05) is 53.9 Å². The van der Waals surface area contributed by atoms with E-state index in [1.54, 1.807) is 0 Å². The van der Waals surface area contributed by atoms with E-state index in [9.17, 15) is 0 Å². The summed E-state index contributed by atoms with van der Waals surface area (Å²) in [5, 5.41) is 1.32. The number of fused-ring (bicyclic) bond motifs is 1. The predicted molar refractivity (Wildman–Crippen MR) is 121 cm³/mol. The second kappa shape index (κ2) is 9.39. The van der Waals surface area contributed by atoms with Crippen molar-refractivity contribution < 1.29 is 0 Å². The average molecular weight is 418 g/mol. The zero-order chi connectivity index (χ0) is 19.3. The van der Waals surface area contributed by atoms with Crippen LogP contribution in [0.2, 0.25) is 10.0 Å². The molecule has 0 aliphatic carbocycles. The number of rotatable bonds is 7. The lowest BCUT2D eigenvalue weighted by Gasteiger charge is -2.36. The van der Waals surface area contributed by atoms with Crippen LogP contribution in [0.15, 0.2) is 42.5 Å². The van der Waals surface area contributed by atoms with Gasteiger partial charge in [0.2, 0.25) is 0 Å². The van der Waals surface area contributed by atoms with Gasteiger partial charge in [0.25, 0.3) is 0 Å². The fraction of sp³-hybridized carbons (Fsp3) is 0.478. The summed E-state index contributed by atoms with van der Waals surface area (Å²) in [5.41, 5.74) is 4.04. The molecule has 0 amide bonds. The second-order valence-electron chi connectivity index (χ2n) is 7.83. The number of para-hydroxylation sites is 1. The Morgan fingerprint density at radius 3 is 2.32 bits per heavy atom. The highest BCUT2D eigenvalue weighted by Gasteiger charge is 2.20. The highest BCUT2D eigenvalue weighted by atomic mass is 35.5. The minimum absolute atomic E-state index is 0.641. The molecule has 1 saturated heterocycles. The minimum Gasteiger partial charge on any atom is -0.371 e. The maximum atomic E-state index is 6.38. The molecule has 0 unspecified atom stereocenters. The third-order valence-electron chi connectivity index (χ3n) is 6.03. The third-order valence-corrected chi connectivity index (χ3v) is 6.84. The van der Waals surface area contributed by atoms with Crippen molar-refractivity contribution in [1.29, 1.82) is 0 Å². The lowest BCUT2D eigenvalue weighted by molar-refractivity contribution is 0.252. The smallest absolute Gasteiger partial charge is 0.0825 e. The number of benzene rings is 2. The first-order valence-corrected chi connectivity index (χ1v) is 11.2. The molecule has 4 rings (SSSR count). The Kier molecular flexibility index (Phi) is 6.66. The van der Waals surface area contributed by atoms with E-state index in [4.69, 9.17) is 23.2 Å². The molecule has 2 aliphatic rings. The Balaban J connectivity index is 1.14. The normalized spacial score (nSPS) is 17.2. The first kappa shape index (κ1) is 19.9. The number of anilines is 2. The van der Waals surface area contributed by atoms with Crippen molar-refractivity contribution in [3.05, 3.63) is 58.1 Å². The van der Waals surface area contributed by atoms with Crippen molar-refractivity contribution in [2.45, 2.75) is 25.7 Å². The molecule has 0 aromatic heterocycles. The predicted octanol–water partition coefficient (Wildman–Crippen LogP) is 5.35. The van der Waals surface area contributed by atoms with E-state index < -0.39 is 0 Å². The summed E-state index contributed by atoms with van der Waals surface area (Å²) in [5.74, 6) is 0. The molecule has 2 aromatic rings. The molecule has 0 radical (unpaired) electrons. The van der Waals surface area contributed by atoms with Crippen molar-refractivity contribution in [1.82, 2.24) is 4.90 Å². The Morgan fingerprint density at radius 1 is 0.714 bits per heavy atom. The van der Waals surface area contributed by atoms with Gasteiger partial charge in [0.1, 0.15) is 0 Å². The summed E-state index contributed by atoms with van der Waals surface area (Å²) in [4.78, 5) is 7.50. The van der Waals surface area contributed by atoms with Crippen LogP contribution in [-0.4, -0.2) is 50.7 Å². The molecule has 2 heterocycles. The summed E-state index contributed by atoms with van der Waals surface area (Å²) in [6, 6.07) is 14.8. The highest BCUT2D eigenvalue weighted by Crippen LogP contribution is 2.33. The maximum Gasteiger partial charge on any atom is 0.0825 e. The third kappa shape index (κ3) is 4.59. The van der Waals surface area contributed by atoms with Crippen molar-refractivity contribution >= 4 is 34.6 Å². The molecule has 0 saturated carbocycles. The van der Waals surface area contributed by atoms with Crippen molar-refractivity contribution in [2.75, 3.05) is 55.6 Å². The number of hydrogen-bond acceptors (Lipinski definition) is 3. The molecule has 0 atom stereocenters. The molecule has 0 spiro atoms. The van der Waals surface area contributed by atoms with Crippen LogP contribution in [0.3, 0.4) is 0 Å². The Bertz CT molecular complexity index is 787. The first-order chi connectivity index (χ1) is 13.7. The minimum atomic E-state index is 0.641. The van der Waals surface area contributed by atoms with Gasteiger partial charge in [-0.15, -0.1) is 0 Å². The zero-order valence-electron chi connectivity index (χ0n) is 16.4. The van der Waals surface area contributed by atoms with E-state index in [1.165, 1.54) is 56.6 Å². The van der Waals surface area contributed by atoms with Crippen LogP contribution in [0.4, 0.5) is 11.4 Å². The van der Waals surface area contributed by atoms with Gasteiger partial charge >= 0.3 is 0 Å². The van der Waals surface area contributed by atoms with Gasteiger partial charge in [0.05, 0.1) is 15.7 Å². The molecule has 28 heavy (non-hydrogen) atoms. The topological polar surface area (TPSA) is 9.72 Å². The van der Waals surface area contributed by atoms with E-state index in [1.807, 2.05) is 12.1 Å². The Labute approximate surface area is 178 Å². The quantitative estimate of drug-likeness (QED) is 0.562. The standard InChI is InChI=1S/C23H29Cl2N3/c24-20-8-6-10-22(23(20)25)28-17-15-26(16-18-28)12-4-1-5-13-27-14-11-19-7-2-3-9-21(19)27/h2-3,6-10H,1,4-5,11-18H2. The molecule has 1 fully saturated rings. The van der Waals surface area contributed by atoms with Gasteiger partial charge in [0, 0.05) is 45.0 Å². The van der Waals surface area contributed by atoms with Crippen LogP contribution in [0.1, 0.15) is 24.8 Å². The van der Waals surface area contributed by atoms with Gasteiger partial charge < -0.3 is 9.80 Å². The summed E-state index contributed by atoms with van der Waals surface area (Å²) in [6.07, 6.45) is 5.08. The van der Waals surface area contributed by atoms with Gasteiger partial charge in [-0.05, 0) is 49.6 Å². The van der Waals surface area contributed by atoms with Crippen LogP contribution in [0.5, 0.6) is 0 Å². The van der Waals surface area contributed by atoms with Crippen molar-refractivity contribution in [3.63, 3.8) is 0 Å². The SMILES string of the molecule is Clc1cccc(N2CCN(CCCCCN3CCc4ccccc43)CC2)c1Cl. The lowest BCUT2D eigenvalue weighted by Crippen LogP contribution is -2.46. The number of piperazine rings is 1. The summed E-state index contributed by atoms with van der Waals surface area (Å²) in [6.45, 7) is 7.82. The fourth-order valence-electron chi connectivity index (χ4n) is 4.40.